The summed E-state index contributed by atoms with van der Waals surface area (Å²) in [6, 6.07) is 0. The monoisotopic (exact) mass is 234 g/mol. The first-order valence-corrected chi connectivity index (χ1v) is 6.93. The van der Waals surface area contributed by atoms with E-state index < -0.39 is 8.80 Å². The molecule has 15 heavy (non-hydrogen) atoms. The van der Waals surface area contributed by atoms with Gasteiger partial charge in [-0.25, -0.2) is 0 Å². The standard InChI is InChI=1S/C10H22O4Si/c1-6-7-8-9-14-10(2)15(11-3,12-4)13-5/h8-10H,6-7H2,1-5H3. The first-order valence-electron chi connectivity index (χ1n) is 5.12. The van der Waals surface area contributed by atoms with Gasteiger partial charge in [-0.3, -0.25) is 0 Å². The summed E-state index contributed by atoms with van der Waals surface area (Å²) in [4.78, 5) is 0. The van der Waals surface area contributed by atoms with E-state index in [0.717, 1.165) is 12.8 Å². The second-order valence-electron chi connectivity index (χ2n) is 3.15. The van der Waals surface area contributed by atoms with E-state index in [2.05, 4.69) is 6.92 Å². The lowest BCUT2D eigenvalue weighted by Gasteiger charge is -2.29. The lowest BCUT2D eigenvalue weighted by atomic mass is 10.3. The first kappa shape index (κ1) is 14.6. The zero-order valence-corrected chi connectivity index (χ0v) is 11.3. The molecule has 1 atom stereocenters. The van der Waals surface area contributed by atoms with Crippen LogP contribution < -0.4 is 0 Å². The summed E-state index contributed by atoms with van der Waals surface area (Å²) in [5, 5.41) is 0. The SMILES string of the molecule is CCCC=COC(C)[Si](OC)(OC)OC. The summed E-state index contributed by atoms with van der Waals surface area (Å²) in [6.07, 6.45) is 5.79. The second-order valence-corrected chi connectivity index (χ2v) is 6.40. The van der Waals surface area contributed by atoms with Crippen LogP contribution in [0.25, 0.3) is 0 Å². The van der Waals surface area contributed by atoms with Crippen molar-refractivity contribution < 1.29 is 18.0 Å². The summed E-state index contributed by atoms with van der Waals surface area (Å²) >= 11 is 0. The van der Waals surface area contributed by atoms with Gasteiger partial charge in [0.1, 0.15) is 0 Å². The molecule has 4 nitrogen and oxygen atoms in total. The van der Waals surface area contributed by atoms with Crippen molar-refractivity contribution in [3.05, 3.63) is 12.3 Å². The van der Waals surface area contributed by atoms with Crippen LogP contribution in [0.3, 0.4) is 0 Å². The highest BCUT2D eigenvalue weighted by Gasteiger charge is 2.46. The zero-order valence-electron chi connectivity index (χ0n) is 10.3. The first-order chi connectivity index (χ1) is 7.16. The van der Waals surface area contributed by atoms with E-state index >= 15 is 0 Å². The number of rotatable bonds is 8. The average molecular weight is 234 g/mol. The van der Waals surface area contributed by atoms with Crippen molar-refractivity contribution in [3.63, 3.8) is 0 Å². The summed E-state index contributed by atoms with van der Waals surface area (Å²) < 4.78 is 21.4. The molecule has 0 N–H and O–H groups in total. The third kappa shape index (κ3) is 4.34. The molecule has 0 fully saturated rings. The molecular weight excluding hydrogens is 212 g/mol. The molecule has 90 valence electrons. The van der Waals surface area contributed by atoms with Crippen LogP contribution in [0.15, 0.2) is 12.3 Å². The lowest BCUT2D eigenvalue weighted by Crippen LogP contribution is -2.53. The Kier molecular flexibility index (Phi) is 7.68. The third-order valence-electron chi connectivity index (χ3n) is 2.19. The Labute approximate surface area is 93.5 Å². The Morgan fingerprint density at radius 1 is 1.13 bits per heavy atom. The van der Waals surface area contributed by atoms with Crippen LogP contribution in [0.1, 0.15) is 26.7 Å². The van der Waals surface area contributed by atoms with Crippen molar-refractivity contribution in [1.82, 2.24) is 0 Å². The molecule has 0 aliphatic rings. The maximum atomic E-state index is 5.49. The van der Waals surface area contributed by atoms with E-state index in [1.54, 1.807) is 27.6 Å². The molecule has 0 aliphatic carbocycles. The lowest BCUT2D eigenvalue weighted by molar-refractivity contribution is 0.0578. The van der Waals surface area contributed by atoms with Crippen LogP contribution in [-0.2, 0) is 18.0 Å². The van der Waals surface area contributed by atoms with Gasteiger partial charge in [0.2, 0.25) is 0 Å². The summed E-state index contributed by atoms with van der Waals surface area (Å²) in [7, 11) is 2.08. The molecule has 0 aromatic carbocycles. The number of ether oxygens (including phenoxy) is 1. The van der Waals surface area contributed by atoms with E-state index in [-0.39, 0.29) is 5.73 Å². The largest absolute Gasteiger partial charge is 0.542 e. The number of unbranched alkanes of at least 4 members (excludes halogenated alkanes) is 1. The molecule has 5 heteroatoms. The summed E-state index contributed by atoms with van der Waals surface area (Å²) in [6.45, 7) is 4.01. The van der Waals surface area contributed by atoms with Crippen molar-refractivity contribution in [2.45, 2.75) is 32.4 Å². The smallest absolute Gasteiger partial charge is 0.494 e. The normalized spacial score (nSPS) is 14.5. The molecule has 0 amide bonds. The van der Waals surface area contributed by atoms with Gasteiger partial charge in [0.05, 0.1) is 6.26 Å². The number of allylic oxidation sites excluding steroid dienone is 1. The highest BCUT2D eigenvalue weighted by Crippen LogP contribution is 2.14. The van der Waals surface area contributed by atoms with Gasteiger partial charge in [0.15, 0.2) is 5.73 Å². The minimum atomic E-state index is -2.65. The van der Waals surface area contributed by atoms with Gasteiger partial charge in [-0.15, -0.1) is 0 Å². The predicted molar refractivity (Wildman–Crippen MR) is 61.4 cm³/mol. The predicted octanol–water partition coefficient (Wildman–Crippen LogP) is 2.12. The molecule has 0 bridgehead atoms. The van der Waals surface area contributed by atoms with E-state index in [4.69, 9.17) is 18.0 Å². The molecule has 0 rings (SSSR count). The summed E-state index contributed by atoms with van der Waals surface area (Å²) in [5.41, 5.74) is -0.203. The van der Waals surface area contributed by atoms with Crippen molar-refractivity contribution in [2.24, 2.45) is 0 Å². The van der Waals surface area contributed by atoms with Gasteiger partial charge < -0.3 is 18.0 Å². The summed E-state index contributed by atoms with van der Waals surface area (Å²) in [5.74, 6) is 0. The minimum absolute atomic E-state index is 0.203. The van der Waals surface area contributed by atoms with E-state index in [9.17, 15) is 0 Å². The maximum absolute atomic E-state index is 5.49. The second kappa shape index (κ2) is 7.87. The Bertz CT molecular complexity index is 172. The van der Waals surface area contributed by atoms with E-state index in [1.165, 1.54) is 0 Å². The van der Waals surface area contributed by atoms with E-state index in [1.807, 2.05) is 13.0 Å². The van der Waals surface area contributed by atoms with Gasteiger partial charge in [-0.2, -0.15) is 0 Å². The van der Waals surface area contributed by atoms with Crippen LogP contribution >= 0.6 is 0 Å². The van der Waals surface area contributed by atoms with Crippen molar-refractivity contribution >= 4 is 8.80 Å². The molecule has 0 aliphatic heterocycles. The van der Waals surface area contributed by atoms with Gasteiger partial charge in [-0.05, 0) is 19.4 Å². The third-order valence-corrected chi connectivity index (χ3v) is 5.02. The van der Waals surface area contributed by atoms with Crippen molar-refractivity contribution in [2.75, 3.05) is 21.3 Å². The van der Waals surface area contributed by atoms with Gasteiger partial charge in [0.25, 0.3) is 0 Å². The molecule has 0 radical (unpaired) electrons. The number of hydrogen-bond acceptors (Lipinski definition) is 4. The van der Waals surface area contributed by atoms with Crippen molar-refractivity contribution in [1.29, 1.82) is 0 Å². The molecule has 0 aromatic rings. The minimum Gasteiger partial charge on any atom is -0.494 e. The fourth-order valence-corrected chi connectivity index (χ4v) is 2.98. The molecule has 0 spiro atoms. The maximum Gasteiger partial charge on any atom is 0.542 e. The van der Waals surface area contributed by atoms with E-state index in [0.29, 0.717) is 0 Å². The Balaban J connectivity index is 4.19. The molecule has 0 saturated carbocycles. The molecular formula is C10H22O4Si. The molecule has 1 unspecified atom stereocenters. The van der Waals surface area contributed by atoms with Crippen LogP contribution in [0.4, 0.5) is 0 Å². The highest BCUT2D eigenvalue weighted by molar-refractivity contribution is 6.61. The Morgan fingerprint density at radius 2 is 1.67 bits per heavy atom. The fourth-order valence-electron chi connectivity index (χ4n) is 1.24. The van der Waals surface area contributed by atoms with Gasteiger partial charge in [0, 0.05) is 21.3 Å². The highest BCUT2D eigenvalue weighted by atomic mass is 28.4. The van der Waals surface area contributed by atoms with Crippen LogP contribution in [0.2, 0.25) is 0 Å². The fraction of sp³-hybridized carbons (Fsp3) is 0.800. The topological polar surface area (TPSA) is 36.9 Å². The molecule has 0 aromatic heterocycles. The Hall–Kier alpha value is -0.363. The van der Waals surface area contributed by atoms with Crippen molar-refractivity contribution in [3.8, 4) is 0 Å². The van der Waals surface area contributed by atoms with Crippen LogP contribution in [-0.4, -0.2) is 35.9 Å². The van der Waals surface area contributed by atoms with Crippen LogP contribution in [0.5, 0.6) is 0 Å². The average Bonchev–Trinajstić information content (AvgIpc) is 2.28. The van der Waals surface area contributed by atoms with Gasteiger partial charge in [-0.1, -0.05) is 13.3 Å². The Morgan fingerprint density at radius 3 is 2.07 bits per heavy atom. The molecule has 0 saturated heterocycles. The zero-order chi connectivity index (χ0) is 11.7. The number of hydrogen-bond donors (Lipinski definition) is 0. The molecule has 0 heterocycles. The van der Waals surface area contributed by atoms with Gasteiger partial charge >= 0.3 is 8.80 Å². The van der Waals surface area contributed by atoms with Crippen LogP contribution in [0, 0.1) is 0 Å². The quantitative estimate of drug-likeness (QED) is 0.476.